The third kappa shape index (κ3) is 2.08. The lowest BCUT2D eigenvalue weighted by Crippen LogP contribution is -2.42. The lowest BCUT2D eigenvalue weighted by molar-refractivity contribution is 0.0654. The van der Waals surface area contributed by atoms with Crippen molar-refractivity contribution in [3.63, 3.8) is 0 Å². The van der Waals surface area contributed by atoms with Crippen LogP contribution in [0, 0.1) is 17.3 Å². The summed E-state index contributed by atoms with van der Waals surface area (Å²) in [6.07, 6.45) is 8.40. The van der Waals surface area contributed by atoms with Crippen molar-refractivity contribution in [2.75, 3.05) is 7.11 Å². The molecule has 1 aromatic rings. The second-order valence-electron chi connectivity index (χ2n) is 7.57. The first-order valence-corrected chi connectivity index (χ1v) is 9.69. The highest BCUT2D eigenvalue weighted by atomic mass is 127. The van der Waals surface area contributed by atoms with Gasteiger partial charge in [0.25, 0.3) is 0 Å². The van der Waals surface area contributed by atoms with Crippen molar-refractivity contribution in [3.05, 3.63) is 29.3 Å². The van der Waals surface area contributed by atoms with Gasteiger partial charge in [-0.2, -0.15) is 0 Å². The molecular formula is C19H25IO. The van der Waals surface area contributed by atoms with E-state index in [4.69, 9.17) is 4.74 Å². The number of alkyl halides is 1. The van der Waals surface area contributed by atoms with Gasteiger partial charge in [-0.3, -0.25) is 0 Å². The van der Waals surface area contributed by atoms with E-state index in [1.165, 1.54) is 38.5 Å². The maximum atomic E-state index is 5.41. The number of aryl methyl sites for hydroxylation is 1. The highest BCUT2D eigenvalue weighted by Crippen LogP contribution is 2.62. The molecule has 0 spiro atoms. The molecule has 2 saturated carbocycles. The van der Waals surface area contributed by atoms with Gasteiger partial charge < -0.3 is 4.74 Å². The Balaban J connectivity index is 1.68. The molecule has 0 aliphatic heterocycles. The first-order chi connectivity index (χ1) is 10.1. The van der Waals surface area contributed by atoms with E-state index in [9.17, 15) is 0 Å². The predicted octanol–water partition coefficient (Wildman–Crippen LogP) is 5.35. The van der Waals surface area contributed by atoms with Crippen LogP contribution in [-0.2, 0) is 6.42 Å². The molecule has 5 atom stereocenters. The molecule has 1 aromatic carbocycles. The summed E-state index contributed by atoms with van der Waals surface area (Å²) in [5.41, 5.74) is 3.82. The van der Waals surface area contributed by atoms with Crippen LogP contribution in [0.15, 0.2) is 18.2 Å². The Morgan fingerprint density at radius 2 is 2.05 bits per heavy atom. The van der Waals surface area contributed by atoms with E-state index in [-0.39, 0.29) is 0 Å². The van der Waals surface area contributed by atoms with Crippen LogP contribution < -0.4 is 4.74 Å². The summed E-state index contributed by atoms with van der Waals surface area (Å²) >= 11 is 2.74. The minimum Gasteiger partial charge on any atom is -0.497 e. The smallest absolute Gasteiger partial charge is 0.119 e. The van der Waals surface area contributed by atoms with E-state index in [2.05, 4.69) is 47.7 Å². The average Bonchev–Trinajstić information content (AvgIpc) is 2.82. The molecule has 3 aliphatic carbocycles. The lowest BCUT2D eigenvalue weighted by atomic mass is 9.56. The Bertz CT molecular complexity index is 554. The molecule has 0 bridgehead atoms. The number of hydrogen-bond acceptors (Lipinski definition) is 1. The first kappa shape index (κ1) is 14.3. The van der Waals surface area contributed by atoms with Crippen LogP contribution in [0.4, 0.5) is 0 Å². The number of fused-ring (bicyclic) bond motifs is 5. The second-order valence-corrected chi connectivity index (χ2v) is 9.07. The van der Waals surface area contributed by atoms with Gasteiger partial charge in [-0.15, -0.1) is 0 Å². The highest BCUT2D eigenvalue weighted by Gasteiger charge is 2.53. The minimum atomic E-state index is 0.617. The number of benzene rings is 1. The van der Waals surface area contributed by atoms with E-state index in [0.717, 1.165) is 27.4 Å². The van der Waals surface area contributed by atoms with Crippen LogP contribution in [-0.4, -0.2) is 11.0 Å². The van der Waals surface area contributed by atoms with Gasteiger partial charge in [0.1, 0.15) is 5.75 Å². The summed E-state index contributed by atoms with van der Waals surface area (Å²) in [5.74, 6) is 3.75. The van der Waals surface area contributed by atoms with Crippen molar-refractivity contribution in [1.82, 2.24) is 0 Å². The van der Waals surface area contributed by atoms with Crippen molar-refractivity contribution in [1.29, 1.82) is 0 Å². The molecule has 0 heterocycles. The maximum Gasteiger partial charge on any atom is 0.119 e. The molecule has 0 aromatic heterocycles. The van der Waals surface area contributed by atoms with E-state index in [1.54, 1.807) is 18.2 Å². The van der Waals surface area contributed by atoms with Crippen LogP contribution in [0.5, 0.6) is 5.75 Å². The summed E-state index contributed by atoms with van der Waals surface area (Å²) in [6.45, 7) is 2.58. The van der Waals surface area contributed by atoms with E-state index >= 15 is 0 Å². The third-order valence-corrected chi connectivity index (χ3v) is 8.86. The molecular weight excluding hydrogens is 371 g/mol. The normalized spacial score (nSPS) is 41.1. The number of ether oxygens (including phenoxy) is 1. The summed E-state index contributed by atoms with van der Waals surface area (Å²) in [5, 5.41) is 0. The van der Waals surface area contributed by atoms with Gasteiger partial charge in [0.15, 0.2) is 0 Å². The Morgan fingerprint density at radius 1 is 1.19 bits per heavy atom. The molecule has 0 amide bonds. The molecule has 0 N–H and O–H groups in total. The van der Waals surface area contributed by atoms with Gasteiger partial charge >= 0.3 is 0 Å². The summed E-state index contributed by atoms with van der Waals surface area (Å²) in [4.78, 5) is 0. The molecule has 1 nitrogen and oxygen atoms in total. The molecule has 3 aliphatic rings. The van der Waals surface area contributed by atoms with Gasteiger partial charge in [0, 0.05) is 3.92 Å². The van der Waals surface area contributed by atoms with Crippen molar-refractivity contribution in [2.45, 2.75) is 55.3 Å². The van der Waals surface area contributed by atoms with Gasteiger partial charge in [-0.25, -0.2) is 0 Å². The quantitative estimate of drug-likeness (QED) is 0.459. The zero-order valence-electron chi connectivity index (χ0n) is 13.1. The molecule has 21 heavy (non-hydrogen) atoms. The molecule has 0 radical (unpaired) electrons. The molecule has 3 unspecified atom stereocenters. The number of methoxy groups -OCH3 is 1. The fourth-order valence-electron chi connectivity index (χ4n) is 5.62. The summed E-state index contributed by atoms with van der Waals surface area (Å²) in [6, 6.07) is 6.82. The fraction of sp³-hybridized carbons (Fsp3) is 0.684. The van der Waals surface area contributed by atoms with Gasteiger partial charge in [-0.1, -0.05) is 35.6 Å². The highest BCUT2D eigenvalue weighted by molar-refractivity contribution is 14.1. The van der Waals surface area contributed by atoms with Crippen molar-refractivity contribution >= 4 is 22.6 Å². The monoisotopic (exact) mass is 396 g/mol. The number of halogens is 1. The zero-order chi connectivity index (χ0) is 14.6. The molecule has 0 saturated heterocycles. The van der Waals surface area contributed by atoms with Crippen LogP contribution in [0.3, 0.4) is 0 Å². The second kappa shape index (κ2) is 5.14. The summed E-state index contributed by atoms with van der Waals surface area (Å²) < 4.78 is 6.32. The number of rotatable bonds is 1. The van der Waals surface area contributed by atoms with E-state index in [0.29, 0.717) is 5.41 Å². The summed E-state index contributed by atoms with van der Waals surface area (Å²) in [7, 11) is 1.78. The molecule has 2 fully saturated rings. The molecule has 2 heteroatoms. The van der Waals surface area contributed by atoms with Gasteiger partial charge in [-0.05, 0) is 85.0 Å². The Hall–Kier alpha value is -0.250. The average molecular weight is 396 g/mol. The minimum absolute atomic E-state index is 0.617. The Labute approximate surface area is 142 Å². The Morgan fingerprint density at radius 3 is 2.86 bits per heavy atom. The van der Waals surface area contributed by atoms with Gasteiger partial charge in [0.05, 0.1) is 7.11 Å². The largest absolute Gasteiger partial charge is 0.497 e. The molecule has 114 valence electrons. The maximum absolute atomic E-state index is 5.41. The topological polar surface area (TPSA) is 9.23 Å². The van der Waals surface area contributed by atoms with Crippen LogP contribution in [0.25, 0.3) is 0 Å². The predicted molar refractivity (Wildman–Crippen MR) is 95.4 cm³/mol. The van der Waals surface area contributed by atoms with Crippen LogP contribution >= 0.6 is 22.6 Å². The standard InChI is InChI=1S/C19H25IO/c1-19-10-9-15-14-6-4-13(21-2)11-12(14)3-5-16(15)17(19)7-8-18(19)20/h4,6,11,15-18H,3,5,7-10H2,1-2H3/t15?,16-,17?,18?,19+/m0/s1. The Kier molecular flexibility index (Phi) is 3.51. The van der Waals surface area contributed by atoms with Crippen molar-refractivity contribution < 1.29 is 4.74 Å². The molecule has 4 rings (SSSR count). The van der Waals surface area contributed by atoms with Crippen molar-refractivity contribution in [2.24, 2.45) is 17.3 Å². The first-order valence-electron chi connectivity index (χ1n) is 8.44. The van der Waals surface area contributed by atoms with E-state index < -0.39 is 0 Å². The SMILES string of the molecule is COc1ccc2c(c1)CC[C@H]1C2CC[C@@]2(C)C(I)CCC12. The third-order valence-electron chi connectivity index (χ3n) is 6.82. The fourth-order valence-corrected chi connectivity index (χ4v) is 6.75. The van der Waals surface area contributed by atoms with E-state index in [1.807, 2.05) is 0 Å². The lowest BCUT2D eigenvalue weighted by Gasteiger charge is -2.50. The van der Waals surface area contributed by atoms with Gasteiger partial charge in [0.2, 0.25) is 0 Å². The zero-order valence-corrected chi connectivity index (χ0v) is 15.2. The van der Waals surface area contributed by atoms with Crippen LogP contribution in [0.2, 0.25) is 0 Å². The van der Waals surface area contributed by atoms with Crippen molar-refractivity contribution in [3.8, 4) is 5.75 Å². The number of hydrogen-bond donors (Lipinski definition) is 0. The van der Waals surface area contributed by atoms with Crippen LogP contribution in [0.1, 0.15) is 56.1 Å².